The molecule has 0 atom stereocenters. The Morgan fingerprint density at radius 3 is 1.64 bits per heavy atom. The molecule has 0 aliphatic carbocycles. The molecule has 3 heterocycles. The lowest BCUT2D eigenvalue weighted by Crippen LogP contribution is -2.84. The predicted molar refractivity (Wildman–Crippen MR) is 248 cm³/mol. The lowest BCUT2D eigenvalue weighted by Gasteiger charge is -2.44. The normalized spacial score (nSPS) is 13.3. The van der Waals surface area contributed by atoms with Crippen LogP contribution in [0.1, 0.15) is 0 Å². The van der Waals surface area contributed by atoms with Gasteiger partial charge in [0, 0.05) is 16.8 Å². The van der Waals surface area contributed by atoms with Crippen LogP contribution in [0.25, 0.3) is 44.2 Å². The highest BCUT2D eigenvalue weighted by atomic mass is 28.3. The maximum Gasteiger partial charge on any atom is 0.188 e. The maximum atomic E-state index is 6.72. The van der Waals surface area contributed by atoms with Crippen LogP contribution >= 0.6 is 0 Å². The van der Waals surface area contributed by atoms with E-state index in [2.05, 4.69) is 211 Å². The van der Waals surface area contributed by atoms with Crippen molar-refractivity contribution in [1.29, 1.82) is 0 Å². The Balaban J connectivity index is 1.10. The molecule has 10 aromatic rings. The van der Waals surface area contributed by atoms with Crippen LogP contribution in [0.4, 0.5) is 17.1 Å². The van der Waals surface area contributed by atoms with Crippen molar-refractivity contribution in [2.45, 2.75) is 0 Å². The number of hydrogen-bond donors (Lipinski definition) is 0. The molecule has 3 nitrogen and oxygen atoms in total. The van der Waals surface area contributed by atoms with Crippen molar-refractivity contribution in [3.05, 3.63) is 212 Å². The fraction of sp³-hybridized carbons (Fsp3) is 0. The van der Waals surface area contributed by atoms with Crippen LogP contribution in [0.3, 0.4) is 0 Å². The number of nitrogens with zero attached hydrogens (tertiary/aromatic N) is 1. The maximum absolute atomic E-state index is 6.72. The lowest BCUT2D eigenvalue weighted by atomic mass is 10.00. The summed E-state index contributed by atoms with van der Waals surface area (Å²) < 4.78 is 13.3. The first-order valence-electron chi connectivity index (χ1n) is 20.1. The molecule has 1 aromatic heterocycles. The molecule has 1 spiro atoms. The van der Waals surface area contributed by atoms with Crippen molar-refractivity contribution < 1.29 is 9.15 Å². The number of para-hydroxylation sites is 3. The Bertz CT molecular complexity index is 3160. The van der Waals surface area contributed by atoms with Gasteiger partial charge in [0.2, 0.25) is 0 Å². The summed E-state index contributed by atoms with van der Waals surface area (Å²) in [6, 6.07) is 77.2. The average molecular weight is 786 g/mol. The summed E-state index contributed by atoms with van der Waals surface area (Å²) in [6.07, 6.45) is 0. The monoisotopic (exact) mass is 785 g/mol. The molecular formula is C54H35NO2Si2. The van der Waals surface area contributed by atoms with Crippen molar-refractivity contribution >= 4 is 87.7 Å². The highest BCUT2D eigenvalue weighted by Gasteiger charge is 2.52. The topological polar surface area (TPSA) is 25.6 Å². The molecule has 0 saturated heterocycles. The minimum Gasteiger partial charge on any atom is -0.458 e. The zero-order chi connectivity index (χ0) is 38.9. The number of fused-ring (bicyclic) bond motifs is 11. The quantitative estimate of drug-likeness (QED) is 0.163. The molecule has 0 amide bonds. The number of rotatable bonds is 5. The largest absolute Gasteiger partial charge is 0.458 e. The first kappa shape index (κ1) is 33.9. The Morgan fingerprint density at radius 1 is 0.390 bits per heavy atom. The van der Waals surface area contributed by atoms with E-state index in [0.717, 1.165) is 44.8 Å². The Hall–Kier alpha value is -7.19. The predicted octanol–water partition coefficient (Wildman–Crippen LogP) is 9.84. The van der Waals surface area contributed by atoms with Gasteiger partial charge in [0.25, 0.3) is 0 Å². The molecule has 5 heteroatoms. The van der Waals surface area contributed by atoms with E-state index in [1.54, 1.807) is 0 Å². The standard InChI is InChI=1S/C54H35NO2Si2/c1-2-14-36(15-3-1)37-28-30-38(31-29-37)39-32-34-40(35-33-39)55(42-17-12-22-47-53(42)41-16-4-5-19-44(41)56-47)43-18-13-27-52-54(43)58-48-23-8-11-26-51(48)59(52)49-24-9-6-20-45(49)57-46-21-7-10-25-50(46)59/h1-35H. The molecule has 12 rings (SSSR count). The van der Waals surface area contributed by atoms with E-state index in [9.17, 15) is 0 Å². The van der Waals surface area contributed by atoms with Crippen molar-refractivity contribution in [1.82, 2.24) is 0 Å². The second-order valence-corrected chi connectivity index (χ2v) is 20.2. The van der Waals surface area contributed by atoms with Gasteiger partial charge >= 0.3 is 0 Å². The van der Waals surface area contributed by atoms with Crippen molar-refractivity contribution in [2.75, 3.05) is 4.90 Å². The van der Waals surface area contributed by atoms with Gasteiger partial charge in [-0.1, -0.05) is 169 Å². The second-order valence-electron chi connectivity index (χ2n) is 15.3. The van der Waals surface area contributed by atoms with E-state index >= 15 is 0 Å². The minimum absolute atomic E-state index is 0.454. The fourth-order valence-corrected chi connectivity index (χ4v) is 17.4. The third-order valence-electron chi connectivity index (χ3n) is 12.2. The number of ether oxygens (including phenoxy) is 1. The molecule has 0 N–H and O–H groups in total. The zero-order valence-electron chi connectivity index (χ0n) is 32.0. The Labute approximate surface area is 346 Å². The SMILES string of the molecule is c1ccc(-c2ccc(-c3ccc(N(c4cccc5c4[Si]c4ccccc4[Si]54c5ccccc5Oc5ccccc54)c4cccc5oc6ccccc6c45)cc3)cc2)cc1. The third-order valence-corrected chi connectivity index (χ3v) is 19.0. The van der Waals surface area contributed by atoms with Gasteiger partial charge in [0.15, 0.2) is 8.07 Å². The van der Waals surface area contributed by atoms with Gasteiger partial charge in [-0.25, -0.2) is 0 Å². The molecule has 9 aromatic carbocycles. The highest BCUT2D eigenvalue weighted by Crippen LogP contribution is 2.43. The van der Waals surface area contributed by atoms with Gasteiger partial charge in [-0.05, 0) is 96.7 Å². The van der Waals surface area contributed by atoms with E-state index in [-0.39, 0.29) is 0 Å². The molecule has 0 saturated carbocycles. The molecule has 276 valence electrons. The van der Waals surface area contributed by atoms with Crippen LogP contribution < -0.4 is 40.8 Å². The van der Waals surface area contributed by atoms with Gasteiger partial charge in [0.1, 0.15) is 32.2 Å². The molecule has 0 bridgehead atoms. The van der Waals surface area contributed by atoms with Crippen molar-refractivity contribution in [2.24, 2.45) is 0 Å². The van der Waals surface area contributed by atoms with Crippen molar-refractivity contribution in [3.63, 3.8) is 0 Å². The van der Waals surface area contributed by atoms with E-state index in [1.165, 1.54) is 59.1 Å². The highest BCUT2D eigenvalue weighted by molar-refractivity contribution is 7.24. The van der Waals surface area contributed by atoms with Gasteiger partial charge < -0.3 is 14.1 Å². The van der Waals surface area contributed by atoms with E-state index in [0.29, 0.717) is 9.52 Å². The smallest absolute Gasteiger partial charge is 0.188 e. The molecule has 0 fully saturated rings. The summed E-state index contributed by atoms with van der Waals surface area (Å²) in [5.74, 6) is 1.90. The number of hydrogen-bond acceptors (Lipinski definition) is 3. The van der Waals surface area contributed by atoms with Gasteiger partial charge in [0.05, 0.1) is 11.1 Å². The van der Waals surface area contributed by atoms with E-state index < -0.39 is 8.07 Å². The molecular weight excluding hydrogens is 751 g/mol. The molecule has 2 aliphatic rings. The van der Waals surface area contributed by atoms with Crippen LogP contribution in [-0.2, 0) is 0 Å². The van der Waals surface area contributed by atoms with Gasteiger partial charge in [-0.3, -0.25) is 0 Å². The van der Waals surface area contributed by atoms with Crippen LogP contribution in [0.5, 0.6) is 11.5 Å². The van der Waals surface area contributed by atoms with Crippen LogP contribution in [0, 0.1) is 0 Å². The third kappa shape index (κ3) is 5.18. The lowest BCUT2D eigenvalue weighted by molar-refractivity contribution is 0.487. The molecule has 2 radical (unpaired) electrons. The Kier molecular flexibility index (Phi) is 7.73. The summed E-state index contributed by atoms with van der Waals surface area (Å²) in [5.41, 5.74) is 9.92. The van der Waals surface area contributed by atoms with Crippen molar-refractivity contribution in [3.8, 4) is 33.8 Å². The summed E-state index contributed by atoms with van der Waals surface area (Å²) >= 11 is 0. The first-order chi connectivity index (χ1) is 29.3. The van der Waals surface area contributed by atoms with Gasteiger partial charge in [-0.2, -0.15) is 0 Å². The number of benzene rings is 9. The summed E-state index contributed by atoms with van der Waals surface area (Å²) in [7, 11) is -2.41. The summed E-state index contributed by atoms with van der Waals surface area (Å²) in [5, 5.41) is 10.4. The average Bonchev–Trinajstić information content (AvgIpc) is 3.69. The molecule has 59 heavy (non-hydrogen) atoms. The van der Waals surface area contributed by atoms with E-state index in [1.807, 2.05) is 6.07 Å². The number of anilines is 3. The van der Waals surface area contributed by atoms with Gasteiger partial charge in [-0.15, -0.1) is 0 Å². The van der Waals surface area contributed by atoms with Crippen LogP contribution in [0.2, 0.25) is 0 Å². The van der Waals surface area contributed by atoms with Crippen LogP contribution in [-0.4, -0.2) is 17.6 Å². The van der Waals surface area contributed by atoms with Crippen LogP contribution in [0.15, 0.2) is 217 Å². The fourth-order valence-electron chi connectivity index (χ4n) is 9.58. The summed E-state index contributed by atoms with van der Waals surface area (Å²) in [4.78, 5) is 2.49. The summed E-state index contributed by atoms with van der Waals surface area (Å²) in [6.45, 7) is 0. The minimum atomic E-state index is -2.86. The Morgan fingerprint density at radius 2 is 0.915 bits per heavy atom. The molecule has 2 aliphatic heterocycles. The first-order valence-corrected chi connectivity index (χ1v) is 23.1. The van der Waals surface area contributed by atoms with E-state index in [4.69, 9.17) is 9.15 Å². The zero-order valence-corrected chi connectivity index (χ0v) is 34.0. The number of furan rings is 1. The molecule has 0 unspecified atom stereocenters. The second kappa shape index (κ2) is 13.5.